The monoisotopic (exact) mass is 463 g/mol. The molecule has 0 spiro atoms. The summed E-state index contributed by atoms with van der Waals surface area (Å²) in [7, 11) is -0.864. The molecule has 0 saturated carbocycles. The number of aliphatic hydroxyl groups is 1. The Morgan fingerprint density at radius 3 is 2.62 bits per heavy atom. The van der Waals surface area contributed by atoms with Gasteiger partial charge in [0.2, 0.25) is 12.7 Å². The van der Waals surface area contributed by atoms with Gasteiger partial charge in [0.1, 0.15) is 5.37 Å². The van der Waals surface area contributed by atoms with Crippen LogP contribution in [0.5, 0.6) is 0 Å². The molecule has 11 heteroatoms. The highest BCUT2D eigenvalue weighted by atomic mass is 32.2. The van der Waals surface area contributed by atoms with E-state index in [1.54, 1.807) is 27.7 Å². The number of amides is 1. The van der Waals surface area contributed by atoms with Gasteiger partial charge in [-0.3, -0.25) is 18.7 Å². The Bertz CT molecular complexity index is 774. The Labute approximate surface area is 180 Å². The number of esters is 2. The largest absolute Gasteiger partial charge is 0.427 e. The minimum absolute atomic E-state index is 0.0960. The summed E-state index contributed by atoms with van der Waals surface area (Å²) in [6.45, 7) is 6.07. The number of nitrogens with zero attached hydrogens (tertiary/aromatic N) is 1. The van der Waals surface area contributed by atoms with Crippen LogP contribution in [0.15, 0.2) is 9.93 Å². The Morgan fingerprint density at radius 1 is 1.38 bits per heavy atom. The standard InChI is InChI=1S/C18H25NO7S3/c1-9(20)11-13(21)19-12(15(22)25-8-26-17(23)18(2,3)4)16(28-14(11)19)27-10-5-6-29(24)7-10/h9-11,14,20H,5-8H2,1-4H3/t9-,10+,11+,14-,29+/m1/s1. The van der Waals surface area contributed by atoms with E-state index >= 15 is 0 Å². The highest BCUT2D eigenvalue weighted by molar-refractivity contribution is 8.23. The summed E-state index contributed by atoms with van der Waals surface area (Å²) >= 11 is 2.78. The molecule has 3 rings (SSSR count). The third-order valence-electron chi connectivity index (χ3n) is 4.76. The molecule has 162 valence electrons. The highest BCUT2D eigenvalue weighted by Crippen LogP contribution is 2.55. The van der Waals surface area contributed by atoms with Crippen molar-refractivity contribution in [3.05, 3.63) is 9.93 Å². The van der Waals surface area contributed by atoms with Crippen LogP contribution in [0, 0.1) is 11.3 Å². The number of rotatable bonds is 6. The van der Waals surface area contributed by atoms with Gasteiger partial charge in [0.15, 0.2) is 5.70 Å². The maximum absolute atomic E-state index is 12.7. The Morgan fingerprint density at radius 2 is 2.07 bits per heavy atom. The molecule has 0 bridgehead atoms. The van der Waals surface area contributed by atoms with Crippen molar-refractivity contribution < 1.29 is 33.2 Å². The first kappa shape index (κ1) is 22.6. The summed E-state index contributed by atoms with van der Waals surface area (Å²) in [6, 6.07) is 0. The number of fused-ring (bicyclic) bond motifs is 1. The van der Waals surface area contributed by atoms with Crippen LogP contribution >= 0.6 is 23.5 Å². The van der Waals surface area contributed by atoms with Crippen LogP contribution in [-0.2, 0) is 34.7 Å². The molecule has 3 heterocycles. The third kappa shape index (κ3) is 4.67. The summed E-state index contributed by atoms with van der Waals surface area (Å²) in [5.74, 6) is -1.01. The first-order valence-corrected chi connectivity index (χ1v) is 12.5. The first-order chi connectivity index (χ1) is 13.5. The molecule has 8 nitrogen and oxygen atoms in total. The second-order valence-corrected chi connectivity index (χ2v) is 12.5. The van der Waals surface area contributed by atoms with Crippen molar-refractivity contribution in [1.82, 2.24) is 4.90 Å². The molecular weight excluding hydrogens is 438 g/mol. The maximum atomic E-state index is 12.7. The smallest absolute Gasteiger partial charge is 0.359 e. The van der Waals surface area contributed by atoms with Gasteiger partial charge in [-0.1, -0.05) is 11.8 Å². The van der Waals surface area contributed by atoms with Crippen molar-refractivity contribution in [1.29, 1.82) is 0 Å². The van der Waals surface area contributed by atoms with Crippen LogP contribution in [0.25, 0.3) is 0 Å². The quantitative estimate of drug-likeness (QED) is 0.355. The van der Waals surface area contributed by atoms with Crippen molar-refractivity contribution in [2.75, 3.05) is 18.3 Å². The normalized spacial score (nSPS) is 30.1. The molecule has 3 aliphatic heterocycles. The van der Waals surface area contributed by atoms with Crippen LogP contribution in [0.4, 0.5) is 0 Å². The minimum atomic E-state index is -0.864. The Kier molecular flexibility index (Phi) is 6.72. The van der Waals surface area contributed by atoms with Crippen molar-refractivity contribution >= 4 is 52.2 Å². The predicted octanol–water partition coefficient (Wildman–Crippen LogP) is 1.41. The van der Waals surface area contributed by atoms with E-state index < -0.39 is 47.0 Å². The number of β-lactam (4-membered cyclic amide) rings is 1. The fraction of sp³-hybridized carbons (Fsp3) is 0.722. The van der Waals surface area contributed by atoms with Crippen molar-refractivity contribution in [3.63, 3.8) is 0 Å². The Hall–Kier alpha value is -1.04. The van der Waals surface area contributed by atoms with E-state index in [0.717, 1.165) is 6.42 Å². The van der Waals surface area contributed by atoms with E-state index in [1.165, 1.54) is 28.4 Å². The lowest BCUT2D eigenvalue weighted by atomic mass is 9.92. The van der Waals surface area contributed by atoms with E-state index in [1.807, 2.05) is 0 Å². The topological polar surface area (TPSA) is 110 Å². The molecule has 0 aromatic rings. The highest BCUT2D eigenvalue weighted by Gasteiger charge is 2.58. The summed E-state index contributed by atoms with van der Waals surface area (Å²) < 4.78 is 22.4. The summed E-state index contributed by atoms with van der Waals surface area (Å²) in [5.41, 5.74) is -0.604. The average molecular weight is 464 g/mol. The number of hydrogen-bond donors (Lipinski definition) is 1. The van der Waals surface area contributed by atoms with Gasteiger partial charge >= 0.3 is 11.9 Å². The van der Waals surface area contributed by atoms with Crippen LogP contribution in [0.2, 0.25) is 0 Å². The number of hydrogen-bond acceptors (Lipinski definition) is 9. The van der Waals surface area contributed by atoms with Crippen molar-refractivity contribution in [2.45, 2.75) is 50.8 Å². The lowest BCUT2D eigenvalue weighted by Crippen LogP contribution is -2.60. The molecule has 0 aromatic heterocycles. The molecule has 5 atom stereocenters. The fourth-order valence-electron chi connectivity index (χ4n) is 3.13. The molecule has 0 aromatic carbocycles. The molecule has 0 aliphatic carbocycles. The molecule has 2 saturated heterocycles. The van der Waals surface area contributed by atoms with E-state index in [2.05, 4.69) is 0 Å². The second kappa shape index (κ2) is 8.60. The van der Waals surface area contributed by atoms with Gasteiger partial charge in [-0.15, -0.1) is 11.8 Å². The van der Waals surface area contributed by atoms with Crippen LogP contribution in [0.1, 0.15) is 34.1 Å². The molecule has 0 radical (unpaired) electrons. The van der Waals surface area contributed by atoms with E-state index in [9.17, 15) is 23.7 Å². The first-order valence-electron chi connectivity index (χ1n) is 9.28. The molecule has 0 unspecified atom stereocenters. The average Bonchev–Trinajstić information content (AvgIpc) is 3.15. The molecule has 3 aliphatic rings. The summed E-state index contributed by atoms with van der Waals surface area (Å²) in [6.07, 6.45) is -0.0599. The lowest BCUT2D eigenvalue weighted by molar-refractivity contribution is -0.174. The van der Waals surface area contributed by atoms with Gasteiger partial charge in [0.25, 0.3) is 0 Å². The fourth-order valence-corrected chi connectivity index (χ4v) is 8.37. The number of thioether (sulfide) groups is 2. The van der Waals surface area contributed by atoms with Crippen molar-refractivity contribution in [3.8, 4) is 0 Å². The number of aliphatic hydroxyl groups excluding tert-OH is 1. The van der Waals surface area contributed by atoms with E-state index in [-0.39, 0.29) is 22.2 Å². The van der Waals surface area contributed by atoms with Gasteiger partial charge in [-0.05, 0) is 34.1 Å². The van der Waals surface area contributed by atoms with Gasteiger partial charge < -0.3 is 14.6 Å². The molecule has 29 heavy (non-hydrogen) atoms. The molecular formula is C18H25NO7S3. The molecule has 1 amide bonds. The van der Waals surface area contributed by atoms with Crippen molar-refractivity contribution in [2.24, 2.45) is 11.3 Å². The Balaban J connectivity index is 1.72. The maximum Gasteiger partial charge on any atom is 0.359 e. The summed E-state index contributed by atoms with van der Waals surface area (Å²) in [5, 5.41) is 9.63. The number of carbonyl (C=O) groups is 3. The van der Waals surface area contributed by atoms with E-state index in [0.29, 0.717) is 15.7 Å². The van der Waals surface area contributed by atoms with Gasteiger partial charge in [0.05, 0.1) is 21.7 Å². The zero-order valence-corrected chi connectivity index (χ0v) is 19.2. The van der Waals surface area contributed by atoms with Crippen LogP contribution < -0.4 is 0 Å². The molecule has 1 N–H and O–H groups in total. The third-order valence-corrected chi connectivity index (χ3v) is 9.31. The van der Waals surface area contributed by atoms with Gasteiger partial charge in [-0.25, -0.2) is 4.79 Å². The minimum Gasteiger partial charge on any atom is -0.427 e. The van der Waals surface area contributed by atoms with Gasteiger partial charge in [-0.2, -0.15) is 0 Å². The predicted molar refractivity (Wildman–Crippen MR) is 111 cm³/mol. The number of ether oxygens (including phenoxy) is 2. The second-order valence-electron chi connectivity index (χ2n) is 8.19. The van der Waals surface area contributed by atoms with Crippen LogP contribution in [-0.4, -0.2) is 67.1 Å². The van der Waals surface area contributed by atoms with E-state index in [4.69, 9.17) is 9.47 Å². The van der Waals surface area contributed by atoms with Gasteiger partial charge in [0, 0.05) is 27.6 Å². The van der Waals surface area contributed by atoms with Crippen LogP contribution in [0.3, 0.4) is 0 Å². The SMILES string of the molecule is C[C@@H](O)[C@H]1C(=O)N2C(C(=O)OCOC(=O)C(C)(C)C)=C(S[C@H]3CC[S@](=O)C3)S[C@H]12. The zero-order chi connectivity index (χ0) is 21.5. The zero-order valence-electron chi connectivity index (χ0n) is 16.7. The lowest BCUT2D eigenvalue weighted by Gasteiger charge is -2.43. The number of carbonyl (C=O) groups excluding carboxylic acids is 3. The molecule has 2 fully saturated rings. The summed E-state index contributed by atoms with van der Waals surface area (Å²) in [4.78, 5) is 38.4.